The Kier molecular flexibility index (Phi) is 7.47. The molecule has 0 saturated heterocycles. The van der Waals surface area contributed by atoms with E-state index in [4.69, 9.17) is 0 Å². The fraction of sp³-hybridized carbons (Fsp3) is 0.250. The van der Waals surface area contributed by atoms with Crippen LogP contribution in [0.15, 0.2) is 91.0 Å². The van der Waals surface area contributed by atoms with E-state index in [1.165, 1.54) is 47.8 Å². The molecule has 0 spiro atoms. The average molecular weight is 426 g/mol. The summed E-state index contributed by atoms with van der Waals surface area (Å²) in [5.74, 6) is 0. The van der Waals surface area contributed by atoms with Gasteiger partial charge in [0.2, 0.25) is 0 Å². The van der Waals surface area contributed by atoms with Crippen molar-refractivity contribution in [1.82, 2.24) is 0 Å². The predicted octanol–water partition coefficient (Wildman–Crippen LogP) is 5.94. The lowest BCUT2D eigenvalue weighted by molar-refractivity contribution is 0.711. The zero-order valence-electron chi connectivity index (χ0n) is 15.2. The Bertz CT molecular complexity index is 659. The van der Waals surface area contributed by atoms with E-state index < -0.39 is 7.26 Å². The summed E-state index contributed by atoms with van der Waals surface area (Å²) < 4.78 is 0. The van der Waals surface area contributed by atoms with Crippen LogP contribution in [0.4, 0.5) is 0 Å². The first-order valence-corrected chi connectivity index (χ1v) is 12.6. The van der Waals surface area contributed by atoms with Gasteiger partial charge in [0.25, 0.3) is 0 Å². The van der Waals surface area contributed by atoms with Crippen molar-refractivity contribution >= 4 is 39.1 Å². The van der Waals surface area contributed by atoms with E-state index in [1.54, 1.807) is 0 Å². The summed E-state index contributed by atoms with van der Waals surface area (Å²) in [4.78, 5) is 0. The third-order valence-electron chi connectivity index (χ3n) is 4.97. The van der Waals surface area contributed by atoms with Crippen molar-refractivity contribution in [2.24, 2.45) is 0 Å². The summed E-state index contributed by atoms with van der Waals surface area (Å²) in [5, 5.41) is 5.61. The van der Waals surface area contributed by atoms with Gasteiger partial charge in [0.15, 0.2) is 0 Å². The second kappa shape index (κ2) is 10.0. The number of hydrogen-bond acceptors (Lipinski definition) is 0. The molecule has 2 heteroatoms. The van der Waals surface area contributed by atoms with Gasteiger partial charge < -0.3 is 0 Å². The monoisotopic (exact) mass is 425 g/mol. The van der Waals surface area contributed by atoms with Crippen LogP contribution < -0.4 is 15.9 Å². The molecule has 0 aromatic heterocycles. The normalized spacial score (nSPS) is 11.4. The molecule has 0 aliphatic carbocycles. The van der Waals surface area contributed by atoms with E-state index in [-0.39, 0.29) is 0 Å². The Morgan fingerprint density at radius 3 is 1.27 bits per heavy atom. The number of unbranched alkanes of at least 4 members (excludes halogenated alkanes) is 3. The summed E-state index contributed by atoms with van der Waals surface area (Å²) in [7, 11) is -1.61. The van der Waals surface area contributed by atoms with Crippen LogP contribution >= 0.6 is 23.2 Å². The van der Waals surface area contributed by atoms with Crippen LogP contribution in [0.5, 0.6) is 0 Å². The molecule has 0 atom stereocenters. The van der Waals surface area contributed by atoms with Crippen molar-refractivity contribution in [3.05, 3.63) is 91.0 Å². The molecule has 0 unspecified atom stereocenters. The topological polar surface area (TPSA) is 0 Å². The van der Waals surface area contributed by atoms with Crippen molar-refractivity contribution in [2.45, 2.75) is 25.7 Å². The van der Waals surface area contributed by atoms with Crippen LogP contribution in [-0.2, 0) is 0 Å². The molecule has 26 heavy (non-hydrogen) atoms. The lowest BCUT2D eigenvalue weighted by Crippen LogP contribution is -2.33. The van der Waals surface area contributed by atoms with E-state index >= 15 is 0 Å². The molecule has 0 nitrogen and oxygen atoms in total. The SMILES string of the molecule is BrCCCCCC[P+](c1ccccc1)(c1ccccc1)c1ccccc1. The molecule has 0 fully saturated rings. The Labute approximate surface area is 167 Å². The molecule has 3 rings (SSSR count). The molecule has 0 amide bonds. The molecule has 0 heterocycles. The molecular weight excluding hydrogens is 399 g/mol. The highest BCUT2D eigenvalue weighted by molar-refractivity contribution is 9.09. The second-order valence-electron chi connectivity index (χ2n) is 6.64. The number of alkyl halides is 1. The Morgan fingerprint density at radius 1 is 0.500 bits per heavy atom. The lowest BCUT2D eigenvalue weighted by atomic mass is 10.2. The largest absolute Gasteiger partial charge is 0.112 e. The van der Waals surface area contributed by atoms with E-state index in [2.05, 4.69) is 107 Å². The van der Waals surface area contributed by atoms with Gasteiger partial charge in [0, 0.05) is 5.33 Å². The highest BCUT2D eigenvalue weighted by Crippen LogP contribution is 2.55. The summed E-state index contributed by atoms with van der Waals surface area (Å²) in [6.07, 6.45) is 6.41. The number of hydrogen-bond donors (Lipinski definition) is 0. The summed E-state index contributed by atoms with van der Waals surface area (Å²) in [5.41, 5.74) is 0. The smallest absolute Gasteiger partial charge is 0.0928 e. The third-order valence-corrected chi connectivity index (χ3v) is 10.1. The number of halogens is 1. The third kappa shape index (κ3) is 4.45. The van der Waals surface area contributed by atoms with Gasteiger partial charge in [-0.15, -0.1) is 0 Å². The molecular formula is C24H27BrP+. The highest BCUT2D eigenvalue weighted by atomic mass is 79.9. The maximum Gasteiger partial charge on any atom is 0.112 e. The van der Waals surface area contributed by atoms with E-state index in [1.807, 2.05) is 0 Å². The van der Waals surface area contributed by atoms with Gasteiger partial charge in [-0.2, -0.15) is 0 Å². The first kappa shape index (κ1) is 19.3. The maximum atomic E-state index is 3.56. The van der Waals surface area contributed by atoms with Crippen LogP contribution in [0, 0.1) is 0 Å². The fourth-order valence-electron chi connectivity index (χ4n) is 3.68. The van der Waals surface area contributed by atoms with Gasteiger partial charge in [-0.05, 0) is 55.7 Å². The zero-order valence-corrected chi connectivity index (χ0v) is 17.7. The van der Waals surface area contributed by atoms with Crippen molar-refractivity contribution < 1.29 is 0 Å². The molecule has 0 saturated carbocycles. The zero-order chi connectivity index (χ0) is 18.1. The van der Waals surface area contributed by atoms with Crippen LogP contribution in [0.25, 0.3) is 0 Å². The molecule has 0 N–H and O–H groups in total. The van der Waals surface area contributed by atoms with Crippen LogP contribution in [-0.4, -0.2) is 11.5 Å². The quantitative estimate of drug-likeness (QED) is 0.226. The molecule has 0 aliphatic heterocycles. The summed E-state index contributed by atoms with van der Waals surface area (Å²) in [6, 6.07) is 33.6. The second-order valence-corrected chi connectivity index (χ2v) is 11.1. The minimum absolute atomic E-state index is 1.11. The van der Waals surface area contributed by atoms with Gasteiger partial charge in [-0.3, -0.25) is 0 Å². The van der Waals surface area contributed by atoms with E-state index in [9.17, 15) is 0 Å². The maximum absolute atomic E-state index is 3.56. The number of rotatable bonds is 9. The summed E-state index contributed by atoms with van der Waals surface area (Å²) in [6.45, 7) is 0. The minimum atomic E-state index is -1.61. The standard InChI is InChI=1S/C24H27BrP/c25-20-12-1-2-13-21-26(22-14-6-3-7-15-22,23-16-8-4-9-17-23)24-18-10-5-11-19-24/h3-11,14-19H,1-2,12-13,20-21H2/q+1. The van der Waals surface area contributed by atoms with Gasteiger partial charge in [-0.25, -0.2) is 0 Å². The molecule has 134 valence electrons. The van der Waals surface area contributed by atoms with E-state index in [0.717, 1.165) is 5.33 Å². The van der Waals surface area contributed by atoms with Crippen LogP contribution in [0.3, 0.4) is 0 Å². The molecule has 0 aliphatic rings. The first-order chi connectivity index (χ1) is 12.9. The van der Waals surface area contributed by atoms with Crippen molar-refractivity contribution in [1.29, 1.82) is 0 Å². The number of benzene rings is 3. The van der Waals surface area contributed by atoms with Crippen LogP contribution in [0.1, 0.15) is 25.7 Å². The van der Waals surface area contributed by atoms with Gasteiger partial charge in [0.1, 0.15) is 23.2 Å². The fourth-order valence-corrected chi connectivity index (χ4v) is 8.49. The lowest BCUT2D eigenvalue weighted by Gasteiger charge is -2.27. The Morgan fingerprint density at radius 2 is 0.885 bits per heavy atom. The highest BCUT2D eigenvalue weighted by Gasteiger charge is 2.44. The van der Waals surface area contributed by atoms with Crippen molar-refractivity contribution in [2.75, 3.05) is 11.5 Å². The predicted molar refractivity (Wildman–Crippen MR) is 122 cm³/mol. The molecule has 3 aromatic carbocycles. The minimum Gasteiger partial charge on any atom is -0.0928 e. The van der Waals surface area contributed by atoms with Gasteiger partial charge >= 0.3 is 0 Å². The Balaban J connectivity index is 2.06. The first-order valence-electron chi connectivity index (χ1n) is 9.49. The summed E-state index contributed by atoms with van der Waals surface area (Å²) >= 11 is 3.56. The van der Waals surface area contributed by atoms with Gasteiger partial charge in [-0.1, -0.05) is 76.9 Å². The van der Waals surface area contributed by atoms with Crippen molar-refractivity contribution in [3.8, 4) is 0 Å². The Hall–Kier alpha value is -1.43. The van der Waals surface area contributed by atoms with Crippen molar-refractivity contribution in [3.63, 3.8) is 0 Å². The average Bonchev–Trinajstić information content (AvgIpc) is 2.73. The molecule has 3 aromatic rings. The molecule has 0 bridgehead atoms. The van der Waals surface area contributed by atoms with Crippen LogP contribution in [0.2, 0.25) is 0 Å². The van der Waals surface area contributed by atoms with Gasteiger partial charge in [0.05, 0.1) is 6.16 Å². The molecule has 0 radical (unpaired) electrons. The van der Waals surface area contributed by atoms with E-state index in [0.29, 0.717) is 0 Å².